The van der Waals surface area contributed by atoms with Crippen LogP contribution in [0.1, 0.15) is 10.5 Å². The van der Waals surface area contributed by atoms with Crippen LogP contribution >= 0.6 is 0 Å². The van der Waals surface area contributed by atoms with E-state index in [0.717, 1.165) is 4.31 Å². The molecule has 0 fully saturated rings. The van der Waals surface area contributed by atoms with Crippen molar-refractivity contribution in [3.63, 3.8) is 0 Å². The second-order valence-corrected chi connectivity index (χ2v) is 7.53. The van der Waals surface area contributed by atoms with Crippen molar-refractivity contribution in [3.8, 4) is 17.2 Å². The van der Waals surface area contributed by atoms with Crippen molar-refractivity contribution in [1.82, 2.24) is 8.87 Å². The van der Waals surface area contributed by atoms with E-state index >= 15 is 0 Å². The van der Waals surface area contributed by atoms with Gasteiger partial charge in [0.05, 0.1) is 39.2 Å². The van der Waals surface area contributed by atoms with Crippen LogP contribution in [0.3, 0.4) is 0 Å². The number of Topliss-reactive ketones (excluding diaryl/α,β-unsaturated/α-hetero) is 1. The number of sulfonamides is 1. The van der Waals surface area contributed by atoms with Gasteiger partial charge in [0.25, 0.3) is 0 Å². The van der Waals surface area contributed by atoms with Crippen LogP contribution in [0.2, 0.25) is 0 Å². The Morgan fingerprint density at radius 3 is 2.29 bits per heavy atom. The standard InChI is InChI=1S/C15H18N2O6S/c1-16-8-17-10-6-13(21-2)15(23-4)14(22-3)9(10)5-11(17)12(18)7-24(16,19)20/h5-6H,7-8H2,1-4H3. The van der Waals surface area contributed by atoms with Gasteiger partial charge in [0.1, 0.15) is 5.75 Å². The molecule has 2 heterocycles. The van der Waals surface area contributed by atoms with Gasteiger partial charge in [-0.3, -0.25) is 4.79 Å². The second-order valence-electron chi connectivity index (χ2n) is 5.45. The first-order valence-electron chi connectivity index (χ1n) is 7.13. The maximum atomic E-state index is 12.4. The number of fused-ring (bicyclic) bond motifs is 3. The number of rotatable bonds is 3. The van der Waals surface area contributed by atoms with Gasteiger partial charge in [-0.2, -0.15) is 4.31 Å². The fourth-order valence-corrected chi connectivity index (χ4v) is 3.88. The van der Waals surface area contributed by atoms with E-state index in [9.17, 15) is 13.2 Å². The molecule has 0 unspecified atom stereocenters. The predicted molar refractivity (Wildman–Crippen MR) is 87.5 cm³/mol. The van der Waals surface area contributed by atoms with E-state index < -0.39 is 21.6 Å². The predicted octanol–water partition coefficient (Wildman–Crippen LogP) is 1.08. The maximum Gasteiger partial charge on any atom is 0.222 e. The smallest absolute Gasteiger partial charge is 0.222 e. The lowest BCUT2D eigenvalue weighted by molar-refractivity contribution is 0.101. The molecule has 130 valence electrons. The molecule has 3 rings (SSSR count). The summed E-state index contributed by atoms with van der Waals surface area (Å²) in [6, 6.07) is 3.34. The van der Waals surface area contributed by atoms with Gasteiger partial charge in [0.15, 0.2) is 17.3 Å². The zero-order chi connectivity index (χ0) is 17.6. The van der Waals surface area contributed by atoms with Crippen LogP contribution in [0.5, 0.6) is 17.2 Å². The largest absolute Gasteiger partial charge is 0.493 e. The summed E-state index contributed by atoms with van der Waals surface area (Å²) < 4.78 is 43.1. The summed E-state index contributed by atoms with van der Waals surface area (Å²) in [6.45, 7) is 0.0333. The van der Waals surface area contributed by atoms with E-state index in [1.807, 2.05) is 0 Å². The molecular formula is C15H18N2O6S. The van der Waals surface area contributed by atoms with Gasteiger partial charge < -0.3 is 18.8 Å². The van der Waals surface area contributed by atoms with Crippen LogP contribution in [-0.4, -0.2) is 57.2 Å². The van der Waals surface area contributed by atoms with E-state index in [1.54, 1.807) is 16.7 Å². The maximum absolute atomic E-state index is 12.4. The Hall–Kier alpha value is -2.26. The van der Waals surface area contributed by atoms with E-state index in [4.69, 9.17) is 14.2 Å². The molecule has 0 atom stereocenters. The number of carbonyl (C=O) groups is 1. The Morgan fingerprint density at radius 1 is 1.04 bits per heavy atom. The molecular weight excluding hydrogens is 336 g/mol. The summed E-state index contributed by atoms with van der Waals surface area (Å²) in [5.41, 5.74) is 0.948. The summed E-state index contributed by atoms with van der Waals surface area (Å²) in [5, 5.41) is 0.659. The van der Waals surface area contributed by atoms with Crippen LogP contribution in [0.4, 0.5) is 0 Å². The number of ketones is 1. The zero-order valence-electron chi connectivity index (χ0n) is 13.8. The number of hydrogen-bond acceptors (Lipinski definition) is 6. The lowest BCUT2D eigenvalue weighted by Gasteiger charge is -2.17. The molecule has 0 saturated heterocycles. The molecule has 2 aromatic rings. The highest BCUT2D eigenvalue weighted by Gasteiger charge is 2.32. The van der Waals surface area contributed by atoms with Crippen LogP contribution < -0.4 is 14.2 Å². The zero-order valence-corrected chi connectivity index (χ0v) is 14.6. The Kier molecular flexibility index (Phi) is 3.92. The minimum atomic E-state index is -3.62. The van der Waals surface area contributed by atoms with Crippen molar-refractivity contribution in [3.05, 3.63) is 17.8 Å². The number of nitrogens with zero attached hydrogens (tertiary/aromatic N) is 2. The molecule has 0 aliphatic carbocycles. The molecule has 8 nitrogen and oxygen atoms in total. The lowest BCUT2D eigenvalue weighted by atomic mass is 10.2. The average molecular weight is 354 g/mol. The molecule has 1 aliphatic rings. The summed E-state index contributed by atoms with van der Waals surface area (Å²) in [7, 11) is 2.32. The first kappa shape index (κ1) is 16.6. The quantitative estimate of drug-likeness (QED) is 0.820. The summed E-state index contributed by atoms with van der Waals surface area (Å²) >= 11 is 0. The van der Waals surface area contributed by atoms with Crippen LogP contribution in [-0.2, 0) is 16.7 Å². The SMILES string of the molecule is COc1cc2c(cc3n2CN(C)S(=O)(=O)CC3=O)c(OC)c1OC. The molecule has 0 bridgehead atoms. The number of aromatic nitrogens is 1. The van der Waals surface area contributed by atoms with Crippen molar-refractivity contribution >= 4 is 26.7 Å². The Balaban J connectivity index is 2.35. The summed E-state index contributed by atoms with van der Waals surface area (Å²) in [5.74, 6) is 0.268. The molecule has 0 saturated carbocycles. The molecule has 1 aromatic heterocycles. The molecule has 0 radical (unpaired) electrons. The van der Waals surface area contributed by atoms with E-state index in [1.165, 1.54) is 28.4 Å². The first-order valence-corrected chi connectivity index (χ1v) is 8.74. The van der Waals surface area contributed by atoms with Crippen LogP contribution in [0.15, 0.2) is 12.1 Å². The molecule has 0 amide bonds. The third-order valence-electron chi connectivity index (χ3n) is 4.12. The molecule has 0 N–H and O–H groups in total. The second kappa shape index (κ2) is 5.67. The van der Waals surface area contributed by atoms with Crippen molar-refractivity contribution in [2.24, 2.45) is 0 Å². The van der Waals surface area contributed by atoms with E-state index in [2.05, 4.69) is 0 Å². The highest BCUT2D eigenvalue weighted by Crippen LogP contribution is 2.44. The third-order valence-corrected chi connectivity index (χ3v) is 5.82. The number of ether oxygens (including phenoxy) is 3. The first-order chi connectivity index (χ1) is 11.3. The van der Waals surface area contributed by atoms with Crippen molar-refractivity contribution in [2.45, 2.75) is 6.67 Å². The highest BCUT2D eigenvalue weighted by atomic mass is 32.2. The Bertz CT molecular complexity index is 931. The number of benzene rings is 1. The highest BCUT2D eigenvalue weighted by molar-refractivity contribution is 7.89. The van der Waals surface area contributed by atoms with Crippen LogP contribution in [0, 0.1) is 0 Å². The normalized spacial score (nSPS) is 17.4. The molecule has 1 aliphatic heterocycles. The topological polar surface area (TPSA) is 87.1 Å². The van der Waals surface area contributed by atoms with Gasteiger partial charge in [-0.05, 0) is 6.07 Å². The van der Waals surface area contributed by atoms with Crippen molar-refractivity contribution in [2.75, 3.05) is 34.1 Å². The van der Waals surface area contributed by atoms with Gasteiger partial charge in [-0.1, -0.05) is 0 Å². The number of hydrogen-bond donors (Lipinski definition) is 0. The summed E-state index contributed by atoms with van der Waals surface area (Å²) in [4.78, 5) is 12.4. The monoisotopic (exact) mass is 354 g/mol. The lowest BCUT2D eigenvalue weighted by Crippen LogP contribution is -2.29. The Morgan fingerprint density at radius 2 is 1.71 bits per heavy atom. The minimum absolute atomic E-state index is 0.0333. The van der Waals surface area contributed by atoms with Crippen molar-refractivity contribution < 1.29 is 27.4 Å². The van der Waals surface area contributed by atoms with E-state index in [0.29, 0.717) is 33.8 Å². The third kappa shape index (κ3) is 2.31. The summed E-state index contributed by atoms with van der Waals surface area (Å²) in [6.07, 6.45) is 0. The molecule has 0 spiro atoms. The van der Waals surface area contributed by atoms with Gasteiger partial charge in [-0.15, -0.1) is 0 Å². The van der Waals surface area contributed by atoms with Crippen LogP contribution in [0.25, 0.3) is 10.9 Å². The average Bonchev–Trinajstić information content (AvgIpc) is 2.86. The molecule has 24 heavy (non-hydrogen) atoms. The molecule has 9 heteroatoms. The van der Waals surface area contributed by atoms with Gasteiger partial charge in [-0.25, -0.2) is 8.42 Å². The van der Waals surface area contributed by atoms with E-state index in [-0.39, 0.29) is 6.67 Å². The number of methoxy groups -OCH3 is 3. The Labute approximate surface area is 139 Å². The van der Waals surface area contributed by atoms with Gasteiger partial charge in [0.2, 0.25) is 15.8 Å². The van der Waals surface area contributed by atoms with Gasteiger partial charge >= 0.3 is 0 Å². The number of carbonyl (C=O) groups excluding carboxylic acids is 1. The van der Waals surface area contributed by atoms with Crippen molar-refractivity contribution in [1.29, 1.82) is 0 Å². The minimum Gasteiger partial charge on any atom is -0.493 e. The van der Waals surface area contributed by atoms with Gasteiger partial charge in [0, 0.05) is 18.5 Å². The fourth-order valence-electron chi connectivity index (χ4n) is 2.89. The fraction of sp³-hybridized carbons (Fsp3) is 0.400. The molecule has 1 aromatic carbocycles.